The number of esters is 2. The van der Waals surface area contributed by atoms with Gasteiger partial charge in [-0.2, -0.15) is 0 Å². The quantitative estimate of drug-likeness (QED) is 0.0519. The average Bonchev–Trinajstić information content (AvgIpc) is 3.09. The average molecular weight is 681 g/mol. The molecule has 0 radical (unpaired) electrons. The Morgan fingerprint density at radius 1 is 0.417 bits per heavy atom. The summed E-state index contributed by atoms with van der Waals surface area (Å²) in [6, 6.07) is 0. The number of hydrogen-bond donors (Lipinski definition) is 1. The molecule has 0 spiro atoms. The van der Waals surface area contributed by atoms with Crippen LogP contribution in [0.2, 0.25) is 0 Å². The van der Waals surface area contributed by atoms with Crippen molar-refractivity contribution in [1.82, 2.24) is 0 Å². The van der Waals surface area contributed by atoms with Gasteiger partial charge in [0.1, 0.15) is 19.3 Å². The van der Waals surface area contributed by atoms with Gasteiger partial charge in [0.2, 0.25) is 0 Å². The van der Waals surface area contributed by atoms with Crippen LogP contribution in [0.4, 0.5) is 0 Å². The fourth-order valence-electron chi connectivity index (χ4n) is 6.39. The highest BCUT2D eigenvalue weighted by Gasteiger charge is 2.12. The summed E-state index contributed by atoms with van der Waals surface area (Å²) in [7, 11) is 0. The van der Waals surface area contributed by atoms with Gasteiger partial charge < -0.3 is 14.6 Å². The molecule has 48 heavy (non-hydrogen) atoms. The van der Waals surface area contributed by atoms with Crippen LogP contribution in [-0.2, 0) is 19.1 Å². The summed E-state index contributed by atoms with van der Waals surface area (Å²) in [4.78, 5) is 23.9. The van der Waals surface area contributed by atoms with Crippen molar-refractivity contribution in [3.05, 3.63) is 0 Å². The fraction of sp³-hybridized carbons (Fsp3) is 0.953. The van der Waals surface area contributed by atoms with Crippen LogP contribution in [0.3, 0.4) is 0 Å². The minimum absolute atomic E-state index is 0.109. The molecule has 0 amide bonds. The number of hydrogen-bond acceptors (Lipinski definition) is 5. The van der Waals surface area contributed by atoms with Crippen LogP contribution >= 0.6 is 0 Å². The molecule has 0 aromatic rings. The molecule has 0 aliphatic carbocycles. The van der Waals surface area contributed by atoms with Gasteiger partial charge in [0.15, 0.2) is 0 Å². The standard InChI is InChI=1S/C43H84O5/c1-5-39(3)33-29-25-21-17-15-13-11-9-7-8-10-12-14-16-18-23-27-31-35-42(45)47-37-41(44)38-48-43(46)36-32-28-24-20-19-22-26-30-34-40(4)6-2/h39-41,44H,5-38H2,1-4H3/t39?,40?,41-/m1/s1. The Bertz CT molecular complexity index is 680. The van der Waals surface area contributed by atoms with Crippen molar-refractivity contribution < 1.29 is 24.2 Å². The van der Waals surface area contributed by atoms with Gasteiger partial charge in [-0.15, -0.1) is 0 Å². The number of aliphatic hydroxyl groups is 1. The molecule has 0 aromatic carbocycles. The molecule has 2 unspecified atom stereocenters. The molecule has 3 atom stereocenters. The highest BCUT2D eigenvalue weighted by atomic mass is 16.6. The molecule has 0 fully saturated rings. The summed E-state index contributed by atoms with van der Waals surface area (Å²) < 4.78 is 10.3. The number of carbonyl (C=O) groups is 2. The summed E-state index contributed by atoms with van der Waals surface area (Å²) in [5.74, 6) is 1.22. The van der Waals surface area contributed by atoms with Gasteiger partial charge in [0.25, 0.3) is 0 Å². The second-order valence-electron chi connectivity index (χ2n) is 15.3. The number of aliphatic hydroxyl groups excluding tert-OH is 1. The van der Waals surface area contributed by atoms with Crippen LogP contribution in [0.15, 0.2) is 0 Å². The molecule has 286 valence electrons. The van der Waals surface area contributed by atoms with E-state index >= 15 is 0 Å². The zero-order valence-electron chi connectivity index (χ0n) is 32.9. The van der Waals surface area contributed by atoms with Gasteiger partial charge in [0, 0.05) is 12.8 Å². The number of carbonyl (C=O) groups excluding carboxylic acids is 2. The van der Waals surface area contributed by atoms with Crippen LogP contribution in [0.5, 0.6) is 0 Å². The lowest BCUT2D eigenvalue weighted by Crippen LogP contribution is -2.25. The van der Waals surface area contributed by atoms with Gasteiger partial charge in [-0.3, -0.25) is 9.59 Å². The summed E-state index contributed by atoms with van der Waals surface area (Å²) in [6.45, 7) is 9.08. The van der Waals surface area contributed by atoms with E-state index in [9.17, 15) is 14.7 Å². The van der Waals surface area contributed by atoms with E-state index in [-0.39, 0.29) is 25.2 Å². The topological polar surface area (TPSA) is 72.8 Å². The minimum Gasteiger partial charge on any atom is -0.463 e. The molecule has 0 saturated heterocycles. The first-order valence-corrected chi connectivity index (χ1v) is 21.4. The summed E-state index contributed by atoms with van der Waals surface area (Å²) in [5.41, 5.74) is 0. The van der Waals surface area contributed by atoms with Crippen molar-refractivity contribution in [2.24, 2.45) is 11.8 Å². The Morgan fingerprint density at radius 2 is 0.646 bits per heavy atom. The minimum atomic E-state index is -0.956. The monoisotopic (exact) mass is 681 g/mol. The van der Waals surface area contributed by atoms with Crippen LogP contribution in [0.1, 0.15) is 233 Å². The number of rotatable bonds is 38. The first kappa shape index (κ1) is 46.9. The first-order chi connectivity index (χ1) is 23.4. The zero-order chi connectivity index (χ0) is 35.3. The van der Waals surface area contributed by atoms with Crippen molar-refractivity contribution >= 4 is 11.9 Å². The number of unbranched alkanes of at least 4 members (excludes halogenated alkanes) is 24. The molecule has 5 nitrogen and oxygen atoms in total. The van der Waals surface area contributed by atoms with Gasteiger partial charge in [-0.25, -0.2) is 0 Å². The first-order valence-electron chi connectivity index (χ1n) is 21.4. The Kier molecular flexibility index (Phi) is 36.3. The lowest BCUT2D eigenvalue weighted by molar-refractivity contribution is -0.152. The van der Waals surface area contributed by atoms with Crippen molar-refractivity contribution in [2.75, 3.05) is 13.2 Å². The van der Waals surface area contributed by atoms with Gasteiger partial charge in [-0.1, -0.05) is 207 Å². The highest BCUT2D eigenvalue weighted by Crippen LogP contribution is 2.17. The van der Waals surface area contributed by atoms with Crippen molar-refractivity contribution in [2.45, 2.75) is 239 Å². The van der Waals surface area contributed by atoms with E-state index in [1.807, 2.05) is 0 Å². The van der Waals surface area contributed by atoms with Crippen LogP contribution < -0.4 is 0 Å². The van der Waals surface area contributed by atoms with E-state index in [2.05, 4.69) is 27.7 Å². The maximum Gasteiger partial charge on any atom is 0.305 e. The maximum atomic E-state index is 12.0. The van der Waals surface area contributed by atoms with Crippen LogP contribution in [0.25, 0.3) is 0 Å². The molecule has 5 heteroatoms. The molecule has 0 aliphatic heterocycles. The molecule has 0 rings (SSSR count). The SMILES string of the molecule is CCC(C)CCCCCCCCCCCCCCCCCCCCC(=O)OC[C@@H](O)COC(=O)CCCCCCCCCCC(C)CC. The van der Waals surface area contributed by atoms with E-state index in [1.165, 1.54) is 161 Å². The van der Waals surface area contributed by atoms with Gasteiger partial charge in [-0.05, 0) is 24.7 Å². The van der Waals surface area contributed by atoms with Crippen LogP contribution in [-0.4, -0.2) is 36.4 Å². The van der Waals surface area contributed by atoms with Gasteiger partial charge >= 0.3 is 11.9 Å². The smallest absolute Gasteiger partial charge is 0.305 e. The number of ether oxygens (including phenoxy) is 2. The van der Waals surface area contributed by atoms with Gasteiger partial charge in [0.05, 0.1) is 0 Å². The molecule has 0 aliphatic rings. The fourth-order valence-corrected chi connectivity index (χ4v) is 6.39. The molecule has 0 aromatic heterocycles. The summed E-state index contributed by atoms with van der Waals surface area (Å²) in [5, 5.41) is 10.0. The van der Waals surface area contributed by atoms with E-state index in [0.717, 1.165) is 43.9 Å². The normalized spacial score (nSPS) is 13.4. The third-order valence-corrected chi connectivity index (χ3v) is 10.4. The summed E-state index contributed by atoms with van der Waals surface area (Å²) in [6.07, 6.45) is 38.7. The Hall–Kier alpha value is -1.10. The maximum absolute atomic E-state index is 12.0. The predicted octanol–water partition coefficient (Wildman–Crippen LogP) is 13.2. The van der Waals surface area contributed by atoms with Crippen LogP contribution in [0, 0.1) is 11.8 Å². The second kappa shape index (κ2) is 37.2. The third kappa shape index (κ3) is 36.2. The largest absolute Gasteiger partial charge is 0.463 e. The lowest BCUT2D eigenvalue weighted by Gasteiger charge is -2.12. The molecular formula is C43H84O5. The molecule has 0 heterocycles. The third-order valence-electron chi connectivity index (χ3n) is 10.4. The van der Waals surface area contributed by atoms with E-state index < -0.39 is 6.10 Å². The van der Waals surface area contributed by atoms with Crippen molar-refractivity contribution in [3.63, 3.8) is 0 Å². The summed E-state index contributed by atoms with van der Waals surface area (Å²) >= 11 is 0. The second-order valence-corrected chi connectivity index (χ2v) is 15.3. The predicted molar refractivity (Wildman–Crippen MR) is 205 cm³/mol. The van der Waals surface area contributed by atoms with E-state index in [1.54, 1.807) is 0 Å². The molecular weight excluding hydrogens is 596 g/mol. The van der Waals surface area contributed by atoms with Crippen molar-refractivity contribution in [1.29, 1.82) is 0 Å². The van der Waals surface area contributed by atoms with Crippen molar-refractivity contribution in [3.8, 4) is 0 Å². The molecule has 1 N–H and O–H groups in total. The Morgan fingerprint density at radius 3 is 0.896 bits per heavy atom. The molecule has 0 bridgehead atoms. The Labute approximate surface area is 299 Å². The van der Waals surface area contributed by atoms with E-state index in [0.29, 0.717) is 12.8 Å². The highest BCUT2D eigenvalue weighted by molar-refractivity contribution is 5.69. The molecule has 0 saturated carbocycles. The lowest BCUT2D eigenvalue weighted by atomic mass is 9.99. The Balaban J connectivity index is 3.36. The van der Waals surface area contributed by atoms with E-state index in [4.69, 9.17) is 9.47 Å². The zero-order valence-corrected chi connectivity index (χ0v) is 32.9.